The summed E-state index contributed by atoms with van der Waals surface area (Å²) >= 11 is 0. The van der Waals surface area contributed by atoms with Crippen LogP contribution in [0, 0.1) is 5.41 Å². The van der Waals surface area contributed by atoms with Crippen LogP contribution in [0.5, 0.6) is 0 Å². The summed E-state index contributed by atoms with van der Waals surface area (Å²) < 4.78 is 74.7. The lowest BCUT2D eigenvalue weighted by atomic mass is 10.0. The molecule has 0 aromatic heterocycles. The second-order valence-corrected chi connectivity index (χ2v) is 3.57. The number of alkyl halides is 6. The fourth-order valence-electron chi connectivity index (χ4n) is 1.38. The molecule has 1 rings (SSSR count). The molecule has 0 fully saturated rings. The van der Waals surface area contributed by atoms with E-state index in [1.165, 1.54) is 0 Å². The number of rotatable bonds is 2. The molecule has 0 aliphatic carbocycles. The van der Waals surface area contributed by atoms with Crippen LogP contribution in [0.15, 0.2) is 18.2 Å². The van der Waals surface area contributed by atoms with Gasteiger partial charge in [0.05, 0.1) is 17.0 Å². The van der Waals surface area contributed by atoms with E-state index >= 15 is 0 Å². The van der Waals surface area contributed by atoms with Gasteiger partial charge in [0.2, 0.25) is 0 Å². The molecule has 0 saturated heterocycles. The standard InChI is InChI=1S/C10H8F6N2/c11-9(12,13)6-2-1-5(3-8(17)18)7(4-6)10(14,15)16/h1-2,4H,3H2,(H3,17,18). The summed E-state index contributed by atoms with van der Waals surface area (Å²) in [4.78, 5) is 0. The van der Waals surface area contributed by atoms with Crippen LogP contribution in [0.25, 0.3) is 0 Å². The number of halogens is 6. The molecule has 1 aromatic carbocycles. The van der Waals surface area contributed by atoms with Crippen LogP contribution in [-0.4, -0.2) is 5.84 Å². The van der Waals surface area contributed by atoms with Crippen LogP contribution in [0.4, 0.5) is 26.3 Å². The molecule has 3 N–H and O–H groups in total. The predicted molar refractivity (Wildman–Crippen MR) is 52.1 cm³/mol. The lowest BCUT2D eigenvalue weighted by molar-refractivity contribution is -0.143. The van der Waals surface area contributed by atoms with Gasteiger partial charge >= 0.3 is 12.4 Å². The molecule has 0 unspecified atom stereocenters. The first-order chi connectivity index (χ1) is 8.01. The van der Waals surface area contributed by atoms with Gasteiger partial charge in [-0.25, -0.2) is 0 Å². The van der Waals surface area contributed by atoms with E-state index in [9.17, 15) is 26.3 Å². The van der Waals surface area contributed by atoms with E-state index in [-0.39, 0.29) is 6.07 Å². The van der Waals surface area contributed by atoms with Gasteiger partial charge in [0, 0.05) is 6.42 Å². The second-order valence-electron chi connectivity index (χ2n) is 3.57. The largest absolute Gasteiger partial charge is 0.416 e. The Balaban J connectivity index is 3.34. The highest BCUT2D eigenvalue weighted by molar-refractivity contribution is 5.79. The molecule has 0 amide bonds. The maximum atomic E-state index is 12.6. The summed E-state index contributed by atoms with van der Waals surface area (Å²) in [7, 11) is 0. The third-order valence-corrected chi connectivity index (χ3v) is 2.12. The molecule has 0 saturated carbocycles. The highest BCUT2D eigenvalue weighted by atomic mass is 19.4. The molecule has 0 radical (unpaired) electrons. The van der Waals surface area contributed by atoms with E-state index in [0.717, 1.165) is 0 Å². The van der Waals surface area contributed by atoms with Crippen molar-refractivity contribution in [3.8, 4) is 0 Å². The Bertz CT molecular complexity index is 460. The normalized spacial score (nSPS) is 12.6. The van der Waals surface area contributed by atoms with E-state index in [4.69, 9.17) is 11.1 Å². The van der Waals surface area contributed by atoms with Crippen LogP contribution in [-0.2, 0) is 18.8 Å². The first-order valence-corrected chi connectivity index (χ1v) is 4.62. The second kappa shape index (κ2) is 4.51. The van der Waals surface area contributed by atoms with Gasteiger partial charge in [0.25, 0.3) is 0 Å². The molecule has 0 bridgehead atoms. The fourth-order valence-corrected chi connectivity index (χ4v) is 1.38. The Labute approximate surface area is 97.9 Å². The average Bonchev–Trinajstić information content (AvgIpc) is 2.13. The van der Waals surface area contributed by atoms with Crippen LogP contribution < -0.4 is 5.73 Å². The van der Waals surface area contributed by atoms with Crippen molar-refractivity contribution < 1.29 is 26.3 Å². The molecule has 0 atom stereocenters. The third kappa shape index (κ3) is 3.38. The van der Waals surface area contributed by atoms with Crippen molar-refractivity contribution in [2.45, 2.75) is 18.8 Å². The van der Waals surface area contributed by atoms with Crippen LogP contribution in [0.2, 0.25) is 0 Å². The molecule has 0 heterocycles. The summed E-state index contributed by atoms with van der Waals surface area (Å²) in [6, 6.07) is 1.25. The van der Waals surface area contributed by atoms with Crippen molar-refractivity contribution in [1.82, 2.24) is 0 Å². The molecule has 8 heteroatoms. The number of nitrogens with one attached hydrogen (secondary N) is 1. The number of benzene rings is 1. The van der Waals surface area contributed by atoms with Crippen molar-refractivity contribution in [2.75, 3.05) is 0 Å². The van der Waals surface area contributed by atoms with E-state index < -0.39 is 41.3 Å². The van der Waals surface area contributed by atoms with Crippen LogP contribution in [0.3, 0.4) is 0 Å². The van der Waals surface area contributed by atoms with E-state index in [0.29, 0.717) is 12.1 Å². The van der Waals surface area contributed by atoms with Crippen LogP contribution >= 0.6 is 0 Å². The van der Waals surface area contributed by atoms with Crippen molar-refractivity contribution in [2.24, 2.45) is 5.73 Å². The average molecular weight is 270 g/mol. The van der Waals surface area contributed by atoms with Gasteiger partial charge in [0.15, 0.2) is 0 Å². The smallest absolute Gasteiger partial charge is 0.387 e. The first kappa shape index (κ1) is 14.3. The minimum absolute atomic E-state index is 0.0261. The zero-order valence-corrected chi connectivity index (χ0v) is 8.78. The number of hydrogen-bond donors (Lipinski definition) is 2. The Morgan fingerprint density at radius 2 is 1.61 bits per heavy atom. The van der Waals surface area contributed by atoms with Gasteiger partial charge in [0.1, 0.15) is 0 Å². The summed E-state index contributed by atoms with van der Waals surface area (Å²) in [5.74, 6) is -0.555. The monoisotopic (exact) mass is 270 g/mol. The van der Waals surface area contributed by atoms with Gasteiger partial charge in [-0.05, 0) is 17.7 Å². The fraction of sp³-hybridized carbons (Fsp3) is 0.300. The number of amidine groups is 1. The molecule has 0 spiro atoms. The van der Waals surface area contributed by atoms with Gasteiger partial charge in [-0.3, -0.25) is 5.41 Å². The van der Waals surface area contributed by atoms with Crippen molar-refractivity contribution in [3.05, 3.63) is 34.9 Å². The summed E-state index contributed by atoms with van der Waals surface area (Å²) in [6.45, 7) is 0. The van der Waals surface area contributed by atoms with Gasteiger partial charge in [-0.1, -0.05) is 6.07 Å². The highest BCUT2D eigenvalue weighted by Gasteiger charge is 2.37. The van der Waals surface area contributed by atoms with Gasteiger partial charge in [-0.15, -0.1) is 0 Å². The Hall–Kier alpha value is -1.73. The molecule has 0 aliphatic heterocycles. The summed E-state index contributed by atoms with van der Waals surface area (Å²) in [5.41, 5.74) is 1.69. The molecule has 100 valence electrons. The zero-order chi connectivity index (χ0) is 14.1. The molecule has 18 heavy (non-hydrogen) atoms. The molecular formula is C10H8F6N2. The predicted octanol–water partition coefficient (Wildman–Crippen LogP) is 3.20. The summed E-state index contributed by atoms with van der Waals surface area (Å²) in [6.07, 6.45) is -10.3. The van der Waals surface area contributed by atoms with Crippen molar-refractivity contribution >= 4 is 5.84 Å². The maximum absolute atomic E-state index is 12.6. The lowest BCUT2D eigenvalue weighted by Crippen LogP contribution is -2.18. The lowest BCUT2D eigenvalue weighted by Gasteiger charge is -2.15. The van der Waals surface area contributed by atoms with Crippen molar-refractivity contribution in [3.63, 3.8) is 0 Å². The quantitative estimate of drug-likeness (QED) is 0.484. The minimum Gasteiger partial charge on any atom is -0.387 e. The molecule has 0 aliphatic rings. The number of hydrogen-bond acceptors (Lipinski definition) is 1. The first-order valence-electron chi connectivity index (χ1n) is 4.62. The van der Waals surface area contributed by atoms with Gasteiger partial charge < -0.3 is 5.73 Å². The van der Waals surface area contributed by atoms with Crippen molar-refractivity contribution in [1.29, 1.82) is 5.41 Å². The number of nitrogens with two attached hydrogens (primary N) is 1. The Morgan fingerprint density at radius 1 is 1.06 bits per heavy atom. The Kier molecular flexibility index (Phi) is 3.59. The van der Waals surface area contributed by atoms with Gasteiger partial charge in [-0.2, -0.15) is 26.3 Å². The molecular weight excluding hydrogens is 262 g/mol. The SMILES string of the molecule is N=C(N)Cc1ccc(C(F)(F)F)cc1C(F)(F)F. The zero-order valence-electron chi connectivity index (χ0n) is 8.78. The molecule has 2 nitrogen and oxygen atoms in total. The van der Waals surface area contributed by atoms with E-state index in [2.05, 4.69) is 0 Å². The van der Waals surface area contributed by atoms with Crippen LogP contribution in [0.1, 0.15) is 16.7 Å². The maximum Gasteiger partial charge on any atom is 0.416 e. The van der Waals surface area contributed by atoms with E-state index in [1.54, 1.807) is 0 Å². The highest BCUT2D eigenvalue weighted by Crippen LogP contribution is 2.37. The topological polar surface area (TPSA) is 49.9 Å². The third-order valence-electron chi connectivity index (χ3n) is 2.12. The Morgan fingerprint density at radius 3 is 2.00 bits per heavy atom. The minimum atomic E-state index is -4.92. The molecule has 1 aromatic rings. The summed E-state index contributed by atoms with van der Waals surface area (Å²) in [5, 5.41) is 6.90. The van der Waals surface area contributed by atoms with E-state index in [1.807, 2.05) is 0 Å².